The normalized spacial score (nSPS) is 11.9. The number of hydrogen-bond acceptors (Lipinski definition) is 4. The lowest BCUT2D eigenvalue weighted by atomic mass is 10.2. The van der Waals surface area contributed by atoms with E-state index in [-0.39, 0.29) is 6.54 Å². The van der Waals surface area contributed by atoms with E-state index >= 15 is 0 Å². The van der Waals surface area contributed by atoms with E-state index in [1.807, 2.05) is 36.6 Å². The van der Waals surface area contributed by atoms with Crippen LogP contribution >= 0.6 is 11.3 Å². The van der Waals surface area contributed by atoms with E-state index < -0.39 is 10.0 Å². The number of sulfonamides is 1. The van der Waals surface area contributed by atoms with E-state index in [2.05, 4.69) is 0 Å². The first-order chi connectivity index (χ1) is 11.6. The zero-order valence-corrected chi connectivity index (χ0v) is 15.0. The van der Waals surface area contributed by atoms with E-state index in [9.17, 15) is 8.42 Å². The standard InChI is InChI=1S/C18H19NO3S2/c1-15-6-8-18(9-7-15)24(20,21)19(14-16-4-2-12-22-16)11-10-17-5-3-13-23-17/h2-9,12-13H,10-11,14H2,1H3. The first kappa shape index (κ1) is 17.0. The topological polar surface area (TPSA) is 50.5 Å². The average Bonchev–Trinajstić information content (AvgIpc) is 3.25. The van der Waals surface area contributed by atoms with Crippen LogP contribution in [0.2, 0.25) is 0 Å². The number of aryl methyl sites for hydroxylation is 1. The lowest BCUT2D eigenvalue weighted by Gasteiger charge is -2.21. The van der Waals surface area contributed by atoms with Gasteiger partial charge in [0.15, 0.2) is 0 Å². The van der Waals surface area contributed by atoms with Crippen molar-refractivity contribution in [3.05, 3.63) is 76.4 Å². The molecule has 0 radical (unpaired) electrons. The minimum absolute atomic E-state index is 0.231. The molecule has 0 unspecified atom stereocenters. The molecule has 0 saturated carbocycles. The molecule has 0 aliphatic rings. The maximum absolute atomic E-state index is 13.0. The van der Waals surface area contributed by atoms with Crippen LogP contribution in [0.4, 0.5) is 0 Å². The molecule has 126 valence electrons. The molecule has 0 atom stereocenters. The second kappa shape index (κ2) is 7.34. The number of hydrogen-bond donors (Lipinski definition) is 0. The summed E-state index contributed by atoms with van der Waals surface area (Å²) in [6.45, 7) is 2.58. The summed E-state index contributed by atoms with van der Waals surface area (Å²) in [6.07, 6.45) is 2.24. The van der Waals surface area contributed by atoms with Crippen molar-refractivity contribution in [2.75, 3.05) is 6.54 Å². The molecule has 1 aromatic carbocycles. The number of thiophene rings is 1. The van der Waals surface area contributed by atoms with E-state index in [0.29, 0.717) is 23.6 Å². The van der Waals surface area contributed by atoms with Crippen molar-refractivity contribution in [1.82, 2.24) is 4.31 Å². The fraction of sp³-hybridized carbons (Fsp3) is 0.222. The van der Waals surface area contributed by atoms with Gasteiger partial charge in [-0.3, -0.25) is 0 Å². The summed E-state index contributed by atoms with van der Waals surface area (Å²) in [5, 5.41) is 2.00. The fourth-order valence-electron chi connectivity index (χ4n) is 2.41. The summed E-state index contributed by atoms with van der Waals surface area (Å²) in [6, 6.07) is 14.5. The van der Waals surface area contributed by atoms with Crippen LogP contribution in [0, 0.1) is 6.92 Å². The molecule has 2 heterocycles. The number of rotatable bonds is 7. The summed E-state index contributed by atoms with van der Waals surface area (Å²) in [5.41, 5.74) is 1.03. The van der Waals surface area contributed by atoms with Gasteiger partial charge < -0.3 is 4.42 Å². The monoisotopic (exact) mass is 361 g/mol. The smallest absolute Gasteiger partial charge is 0.243 e. The van der Waals surface area contributed by atoms with Crippen molar-refractivity contribution in [3.63, 3.8) is 0 Å². The predicted molar refractivity (Wildman–Crippen MR) is 95.5 cm³/mol. The number of benzene rings is 1. The molecule has 0 fully saturated rings. The second-order valence-electron chi connectivity index (χ2n) is 5.56. The molecule has 24 heavy (non-hydrogen) atoms. The Balaban J connectivity index is 1.85. The van der Waals surface area contributed by atoms with Crippen LogP contribution in [0.3, 0.4) is 0 Å². The van der Waals surface area contributed by atoms with Crippen molar-refractivity contribution < 1.29 is 12.8 Å². The van der Waals surface area contributed by atoms with E-state index in [4.69, 9.17) is 4.42 Å². The second-order valence-corrected chi connectivity index (χ2v) is 8.53. The molecule has 0 N–H and O–H groups in total. The molecule has 0 saturated heterocycles. The molecule has 0 bridgehead atoms. The maximum atomic E-state index is 13.0. The van der Waals surface area contributed by atoms with Gasteiger partial charge in [-0.1, -0.05) is 23.8 Å². The van der Waals surface area contributed by atoms with Crippen LogP contribution in [-0.2, 0) is 23.0 Å². The Bertz CT molecular complexity index is 852. The Kier molecular flexibility index (Phi) is 5.18. The first-order valence-electron chi connectivity index (χ1n) is 7.67. The number of furan rings is 1. The Morgan fingerprint density at radius 1 is 1.08 bits per heavy atom. The zero-order chi connectivity index (χ0) is 17.0. The van der Waals surface area contributed by atoms with Crippen LogP contribution in [0.15, 0.2) is 69.5 Å². The highest BCUT2D eigenvalue weighted by Crippen LogP contribution is 2.20. The molecule has 3 aromatic rings. The van der Waals surface area contributed by atoms with Gasteiger partial charge in [-0.25, -0.2) is 8.42 Å². The van der Waals surface area contributed by atoms with E-state index in [1.165, 1.54) is 9.18 Å². The summed E-state index contributed by atoms with van der Waals surface area (Å²) < 4.78 is 32.9. The highest BCUT2D eigenvalue weighted by Gasteiger charge is 2.25. The molecule has 0 amide bonds. The Morgan fingerprint density at radius 2 is 1.88 bits per heavy atom. The van der Waals surface area contributed by atoms with Gasteiger partial charge in [0.2, 0.25) is 10.0 Å². The van der Waals surface area contributed by atoms with Gasteiger partial charge >= 0.3 is 0 Å². The van der Waals surface area contributed by atoms with Crippen molar-refractivity contribution in [1.29, 1.82) is 0 Å². The lowest BCUT2D eigenvalue weighted by Crippen LogP contribution is -2.32. The molecule has 6 heteroatoms. The summed E-state index contributed by atoms with van der Waals surface area (Å²) >= 11 is 1.64. The van der Waals surface area contributed by atoms with Crippen LogP contribution in [0.25, 0.3) is 0 Å². The molecule has 0 aliphatic heterocycles. The van der Waals surface area contributed by atoms with Gasteiger partial charge in [0.1, 0.15) is 5.76 Å². The molecular weight excluding hydrogens is 342 g/mol. The number of nitrogens with zero attached hydrogens (tertiary/aromatic N) is 1. The van der Waals surface area contributed by atoms with Crippen molar-refractivity contribution in [3.8, 4) is 0 Å². The van der Waals surface area contributed by atoms with E-state index in [0.717, 1.165) is 5.56 Å². The zero-order valence-electron chi connectivity index (χ0n) is 13.4. The summed E-state index contributed by atoms with van der Waals surface area (Å²) in [4.78, 5) is 1.48. The van der Waals surface area contributed by atoms with E-state index in [1.54, 1.807) is 41.9 Å². The quantitative estimate of drug-likeness (QED) is 0.637. The van der Waals surface area contributed by atoms with Crippen LogP contribution in [0.1, 0.15) is 16.2 Å². The van der Waals surface area contributed by atoms with Crippen LogP contribution in [0.5, 0.6) is 0 Å². The highest BCUT2D eigenvalue weighted by molar-refractivity contribution is 7.89. The minimum Gasteiger partial charge on any atom is -0.468 e. The van der Waals surface area contributed by atoms with Gasteiger partial charge in [0.25, 0.3) is 0 Å². The predicted octanol–water partition coefficient (Wildman–Crippen LogP) is 4.08. The van der Waals surface area contributed by atoms with Gasteiger partial charge in [-0.2, -0.15) is 4.31 Å². The van der Waals surface area contributed by atoms with Gasteiger partial charge in [-0.15, -0.1) is 11.3 Å². The molecular formula is C18H19NO3S2. The molecule has 0 aliphatic carbocycles. The summed E-state index contributed by atoms with van der Waals surface area (Å²) in [7, 11) is -3.57. The Labute approximate surface area is 146 Å². The SMILES string of the molecule is Cc1ccc(S(=O)(=O)N(CCc2cccs2)Cc2ccco2)cc1. The molecule has 0 spiro atoms. The van der Waals surface area contributed by atoms with Gasteiger partial charge in [-0.05, 0) is 49.1 Å². The molecule has 3 rings (SSSR count). The van der Waals surface area contributed by atoms with Crippen molar-refractivity contribution in [2.24, 2.45) is 0 Å². The lowest BCUT2D eigenvalue weighted by molar-refractivity contribution is 0.366. The van der Waals surface area contributed by atoms with Crippen LogP contribution < -0.4 is 0 Å². The van der Waals surface area contributed by atoms with Crippen molar-refractivity contribution in [2.45, 2.75) is 24.8 Å². The maximum Gasteiger partial charge on any atom is 0.243 e. The van der Waals surface area contributed by atoms with Crippen LogP contribution in [-0.4, -0.2) is 19.3 Å². The van der Waals surface area contributed by atoms with Gasteiger partial charge in [0.05, 0.1) is 17.7 Å². The molecule has 2 aromatic heterocycles. The first-order valence-corrected chi connectivity index (χ1v) is 9.99. The van der Waals surface area contributed by atoms with Gasteiger partial charge in [0, 0.05) is 11.4 Å². The third-order valence-corrected chi connectivity index (χ3v) is 6.55. The third-order valence-electron chi connectivity index (χ3n) is 3.76. The Hall–Kier alpha value is -1.89. The van der Waals surface area contributed by atoms with Crippen molar-refractivity contribution >= 4 is 21.4 Å². The minimum atomic E-state index is -3.57. The fourth-order valence-corrected chi connectivity index (χ4v) is 4.51. The largest absolute Gasteiger partial charge is 0.468 e. The average molecular weight is 361 g/mol. The summed E-state index contributed by atoms with van der Waals surface area (Å²) in [5.74, 6) is 0.636. The third kappa shape index (κ3) is 3.95. The molecule has 4 nitrogen and oxygen atoms in total. The Morgan fingerprint density at radius 3 is 2.50 bits per heavy atom. The highest BCUT2D eigenvalue weighted by atomic mass is 32.2.